The van der Waals surface area contributed by atoms with Crippen molar-refractivity contribution in [2.45, 2.75) is 13.5 Å². The van der Waals surface area contributed by atoms with E-state index in [0.29, 0.717) is 12.2 Å². The van der Waals surface area contributed by atoms with Crippen molar-refractivity contribution >= 4 is 16.7 Å². The maximum atomic E-state index is 11.0. The lowest BCUT2D eigenvalue weighted by Crippen LogP contribution is -2.06. The molecule has 0 radical (unpaired) electrons. The van der Waals surface area contributed by atoms with Crippen LogP contribution in [0.2, 0.25) is 0 Å². The standard InChI is InChI=1S/C15H13N3O2/c1-10-14(15(19)20)16-17-18(10)9-12-7-4-6-11-5-2-3-8-13(11)12/h2-8H,9H2,1H3,(H,19,20). The summed E-state index contributed by atoms with van der Waals surface area (Å²) in [5, 5.41) is 18.9. The molecule has 5 heteroatoms. The van der Waals surface area contributed by atoms with E-state index in [0.717, 1.165) is 16.3 Å². The predicted molar refractivity (Wildman–Crippen MR) is 74.8 cm³/mol. The number of carboxylic acid groups (broad SMARTS) is 1. The minimum atomic E-state index is -1.05. The predicted octanol–water partition coefficient (Wildman–Crippen LogP) is 2.49. The van der Waals surface area contributed by atoms with Gasteiger partial charge in [0.2, 0.25) is 0 Å². The second-order valence-corrected chi connectivity index (χ2v) is 4.62. The van der Waals surface area contributed by atoms with E-state index in [9.17, 15) is 4.79 Å². The largest absolute Gasteiger partial charge is 0.476 e. The van der Waals surface area contributed by atoms with Gasteiger partial charge in [-0.3, -0.25) is 0 Å². The van der Waals surface area contributed by atoms with E-state index in [1.54, 1.807) is 11.6 Å². The quantitative estimate of drug-likeness (QED) is 0.791. The normalized spacial score (nSPS) is 10.8. The third-order valence-corrected chi connectivity index (χ3v) is 3.39. The molecule has 0 bridgehead atoms. The van der Waals surface area contributed by atoms with E-state index in [2.05, 4.69) is 28.5 Å². The number of aromatic carboxylic acids is 1. The first-order valence-electron chi connectivity index (χ1n) is 6.27. The van der Waals surface area contributed by atoms with Crippen molar-refractivity contribution in [1.82, 2.24) is 15.0 Å². The second-order valence-electron chi connectivity index (χ2n) is 4.62. The minimum absolute atomic E-state index is 0.00485. The molecule has 1 aromatic heterocycles. The summed E-state index contributed by atoms with van der Waals surface area (Å²) in [5.41, 5.74) is 1.66. The van der Waals surface area contributed by atoms with Crippen LogP contribution in [0.1, 0.15) is 21.7 Å². The number of hydrogen-bond acceptors (Lipinski definition) is 3. The van der Waals surface area contributed by atoms with Gasteiger partial charge < -0.3 is 5.11 Å². The molecular weight excluding hydrogens is 254 g/mol. The summed E-state index contributed by atoms with van der Waals surface area (Å²) < 4.78 is 1.62. The molecule has 0 saturated heterocycles. The fourth-order valence-corrected chi connectivity index (χ4v) is 2.30. The molecule has 20 heavy (non-hydrogen) atoms. The van der Waals surface area contributed by atoms with Gasteiger partial charge in [0.15, 0.2) is 5.69 Å². The summed E-state index contributed by atoms with van der Waals surface area (Å²) >= 11 is 0. The Hall–Kier alpha value is -2.69. The van der Waals surface area contributed by atoms with Crippen molar-refractivity contribution < 1.29 is 9.90 Å². The molecule has 0 atom stereocenters. The van der Waals surface area contributed by atoms with Gasteiger partial charge in [-0.15, -0.1) is 5.10 Å². The molecule has 0 unspecified atom stereocenters. The van der Waals surface area contributed by atoms with Crippen LogP contribution in [0.25, 0.3) is 10.8 Å². The summed E-state index contributed by atoms with van der Waals surface area (Å²) in [7, 11) is 0. The van der Waals surface area contributed by atoms with Crippen LogP contribution in [0.3, 0.4) is 0 Å². The molecule has 1 N–H and O–H groups in total. The summed E-state index contributed by atoms with van der Waals surface area (Å²) in [4.78, 5) is 11.0. The van der Waals surface area contributed by atoms with Crippen molar-refractivity contribution in [2.24, 2.45) is 0 Å². The van der Waals surface area contributed by atoms with Crippen LogP contribution in [0.15, 0.2) is 42.5 Å². The van der Waals surface area contributed by atoms with Crippen LogP contribution in [0, 0.1) is 6.92 Å². The number of nitrogens with zero attached hydrogens (tertiary/aromatic N) is 3. The fraction of sp³-hybridized carbons (Fsp3) is 0.133. The summed E-state index contributed by atoms with van der Waals surface area (Å²) in [6, 6.07) is 14.1. The Balaban J connectivity index is 2.04. The molecule has 0 aliphatic heterocycles. The average Bonchev–Trinajstić information content (AvgIpc) is 2.81. The number of aromatic nitrogens is 3. The van der Waals surface area contributed by atoms with E-state index in [-0.39, 0.29) is 5.69 Å². The molecule has 5 nitrogen and oxygen atoms in total. The van der Waals surface area contributed by atoms with E-state index in [1.807, 2.05) is 24.3 Å². The number of hydrogen-bond donors (Lipinski definition) is 1. The molecule has 2 aromatic carbocycles. The smallest absolute Gasteiger partial charge is 0.358 e. The summed E-state index contributed by atoms with van der Waals surface area (Å²) in [5.74, 6) is -1.05. The third kappa shape index (κ3) is 2.03. The van der Waals surface area contributed by atoms with E-state index >= 15 is 0 Å². The lowest BCUT2D eigenvalue weighted by molar-refractivity contribution is 0.0689. The zero-order valence-electron chi connectivity index (χ0n) is 10.9. The van der Waals surface area contributed by atoms with Gasteiger partial charge >= 0.3 is 5.97 Å². The molecule has 0 spiro atoms. The lowest BCUT2D eigenvalue weighted by atomic mass is 10.0. The first-order chi connectivity index (χ1) is 9.66. The number of carbonyl (C=O) groups is 1. The van der Waals surface area contributed by atoms with Gasteiger partial charge in [0, 0.05) is 0 Å². The van der Waals surface area contributed by atoms with E-state index in [1.165, 1.54) is 0 Å². The van der Waals surface area contributed by atoms with E-state index in [4.69, 9.17) is 5.11 Å². The van der Waals surface area contributed by atoms with Gasteiger partial charge in [0.05, 0.1) is 12.2 Å². The van der Waals surface area contributed by atoms with E-state index < -0.39 is 5.97 Å². The molecule has 0 aliphatic rings. The maximum Gasteiger partial charge on any atom is 0.358 e. The lowest BCUT2D eigenvalue weighted by Gasteiger charge is -2.07. The molecule has 0 amide bonds. The van der Waals surface area contributed by atoms with Crippen LogP contribution in [0.4, 0.5) is 0 Å². The highest BCUT2D eigenvalue weighted by Crippen LogP contribution is 2.19. The average molecular weight is 267 g/mol. The monoisotopic (exact) mass is 267 g/mol. The van der Waals surface area contributed by atoms with Crippen LogP contribution < -0.4 is 0 Å². The Morgan fingerprint density at radius 1 is 1.20 bits per heavy atom. The second kappa shape index (κ2) is 4.77. The Kier molecular flexibility index (Phi) is 2.95. The zero-order valence-corrected chi connectivity index (χ0v) is 10.9. The van der Waals surface area contributed by atoms with Crippen molar-refractivity contribution in [3.63, 3.8) is 0 Å². The van der Waals surface area contributed by atoms with Gasteiger partial charge in [-0.1, -0.05) is 47.7 Å². The molecule has 0 fully saturated rings. The third-order valence-electron chi connectivity index (χ3n) is 3.39. The first kappa shape index (κ1) is 12.3. The molecular formula is C15H13N3O2. The maximum absolute atomic E-state index is 11.0. The van der Waals surface area contributed by atoms with Crippen molar-refractivity contribution in [2.75, 3.05) is 0 Å². The Labute approximate surface area is 115 Å². The van der Waals surface area contributed by atoms with Crippen LogP contribution >= 0.6 is 0 Å². The summed E-state index contributed by atoms with van der Waals surface area (Å²) in [6.07, 6.45) is 0. The van der Waals surface area contributed by atoms with Crippen molar-refractivity contribution in [3.8, 4) is 0 Å². The molecule has 0 aliphatic carbocycles. The fourth-order valence-electron chi connectivity index (χ4n) is 2.30. The highest BCUT2D eigenvalue weighted by Gasteiger charge is 2.15. The number of rotatable bonds is 3. The van der Waals surface area contributed by atoms with Gasteiger partial charge in [0.1, 0.15) is 0 Å². The number of benzene rings is 2. The topological polar surface area (TPSA) is 68.0 Å². The first-order valence-corrected chi connectivity index (χ1v) is 6.27. The number of fused-ring (bicyclic) bond motifs is 1. The molecule has 1 heterocycles. The van der Waals surface area contributed by atoms with Crippen molar-refractivity contribution in [1.29, 1.82) is 0 Å². The summed E-state index contributed by atoms with van der Waals surface area (Å²) in [6.45, 7) is 2.22. The highest BCUT2D eigenvalue weighted by molar-refractivity contribution is 5.87. The van der Waals surface area contributed by atoms with Gasteiger partial charge in [-0.05, 0) is 23.3 Å². The van der Waals surface area contributed by atoms with Crippen LogP contribution in [-0.2, 0) is 6.54 Å². The molecule has 100 valence electrons. The van der Waals surface area contributed by atoms with Crippen molar-refractivity contribution in [3.05, 3.63) is 59.4 Å². The molecule has 0 saturated carbocycles. The van der Waals surface area contributed by atoms with Gasteiger partial charge in [0.25, 0.3) is 0 Å². The Morgan fingerprint density at radius 3 is 2.70 bits per heavy atom. The van der Waals surface area contributed by atoms with Crippen LogP contribution in [-0.4, -0.2) is 26.1 Å². The minimum Gasteiger partial charge on any atom is -0.476 e. The van der Waals surface area contributed by atoms with Gasteiger partial charge in [-0.2, -0.15) is 0 Å². The molecule has 3 rings (SSSR count). The Bertz CT molecular complexity index is 787. The Morgan fingerprint density at radius 2 is 1.95 bits per heavy atom. The molecule has 3 aromatic rings. The highest BCUT2D eigenvalue weighted by atomic mass is 16.4. The SMILES string of the molecule is Cc1c(C(=O)O)nnn1Cc1cccc2ccccc12. The zero-order chi connectivity index (χ0) is 14.1. The number of carboxylic acids is 1. The van der Waals surface area contributed by atoms with Gasteiger partial charge in [-0.25, -0.2) is 9.48 Å². The van der Waals surface area contributed by atoms with Crippen LogP contribution in [0.5, 0.6) is 0 Å².